The van der Waals surface area contributed by atoms with Gasteiger partial charge in [0.05, 0.1) is 11.1 Å². The highest BCUT2D eigenvalue weighted by molar-refractivity contribution is 9.10. The molecule has 1 aliphatic heterocycles. The van der Waals surface area contributed by atoms with Gasteiger partial charge in [0, 0.05) is 41.7 Å². The Morgan fingerprint density at radius 1 is 1.19 bits per heavy atom. The monoisotopic (exact) mass is 528 g/mol. The molecule has 0 spiro atoms. The first-order valence-electron chi connectivity index (χ1n) is 10.5. The van der Waals surface area contributed by atoms with E-state index in [0.29, 0.717) is 41.1 Å². The normalized spacial score (nSPS) is 13.7. The van der Waals surface area contributed by atoms with Gasteiger partial charge in [-0.05, 0) is 72.1 Å². The number of hydrogen-bond donors (Lipinski definition) is 1. The van der Waals surface area contributed by atoms with Crippen LogP contribution in [0.25, 0.3) is 0 Å². The Kier molecular flexibility index (Phi) is 9.32. The van der Waals surface area contributed by atoms with Gasteiger partial charge in [0.15, 0.2) is 11.5 Å². The molecule has 1 saturated heterocycles. The average molecular weight is 530 g/mol. The summed E-state index contributed by atoms with van der Waals surface area (Å²) >= 11 is 16.1. The maximum absolute atomic E-state index is 11.7. The second-order valence-corrected chi connectivity index (χ2v) is 9.01. The van der Waals surface area contributed by atoms with Crippen LogP contribution >= 0.6 is 39.1 Å². The van der Waals surface area contributed by atoms with E-state index in [2.05, 4.69) is 21.2 Å². The van der Waals surface area contributed by atoms with Crippen molar-refractivity contribution in [2.45, 2.75) is 39.3 Å². The summed E-state index contributed by atoms with van der Waals surface area (Å²) in [5.74, 6) is 1.56. The molecule has 31 heavy (non-hydrogen) atoms. The van der Waals surface area contributed by atoms with Crippen molar-refractivity contribution in [1.29, 1.82) is 0 Å². The van der Waals surface area contributed by atoms with E-state index in [-0.39, 0.29) is 12.5 Å². The summed E-state index contributed by atoms with van der Waals surface area (Å²) in [7, 11) is 0. The number of hydrogen-bond acceptors (Lipinski definition) is 4. The van der Waals surface area contributed by atoms with Crippen LogP contribution in [0.1, 0.15) is 37.3 Å². The fraction of sp³-hybridized carbons (Fsp3) is 0.435. The van der Waals surface area contributed by atoms with Gasteiger partial charge in [-0.1, -0.05) is 29.3 Å². The summed E-state index contributed by atoms with van der Waals surface area (Å²) in [5, 5.41) is 4.57. The lowest BCUT2D eigenvalue weighted by atomic mass is 10.2. The van der Waals surface area contributed by atoms with E-state index in [0.717, 1.165) is 48.1 Å². The lowest BCUT2D eigenvalue weighted by Crippen LogP contribution is -2.28. The Labute approximate surface area is 202 Å². The van der Waals surface area contributed by atoms with Crippen LogP contribution in [0.3, 0.4) is 0 Å². The first-order chi connectivity index (χ1) is 15.0. The number of nitrogens with one attached hydrogen (secondary N) is 1. The van der Waals surface area contributed by atoms with Crippen LogP contribution in [0.15, 0.2) is 34.8 Å². The van der Waals surface area contributed by atoms with Gasteiger partial charge in [0.1, 0.15) is 6.61 Å². The van der Waals surface area contributed by atoms with Crippen LogP contribution in [-0.2, 0) is 17.9 Å². The van der Waals surface area contributed by atoms with Gasteiger partial charge in [0.25, 0.3) is 0 Å². The van der Waals surface area contributed by atoms with Crippen molar-refractivity contribution in [2.24, 2.45) is 0 Å². The predicted molar refractivity (Wildman–Crippen MR) is 128 cm³/mol. The lowest BCUT2D eigenvalue weighted by molar-refractivity contribution is -0.127. The van der Waals surface area contributed by atoms with Crippen LogP contribution in [0, 0.1) is 0 Å². The topological polar surface area (TPSA) is 50.8 Å². The zero-order valence-electron chi connectivity index (χ0n) is 17.6. The fourth-order valence-corrected chi connectivity index (χ4v) is 4.62. The number of carbonyl (C=O) groups excluding carboxylic acids is 1. The number of likely N-dealkylation sites (tertiary alicyclic amines) is 1. The smallest absolute Gasteiger partial charge is 0.222 e. The van der Waals surface area contributed by atoms with E-state index < -0.39 is 0 Å². The van der Waals surface area contributed by atoms with Crippen molar-refractivity contribution in [1.82, 2.24) is 10.2 Å². The third kappa shape index (κ3) is 6.75. The first kappa shape index (κ1) is 24.2. The molecule has 0 radical (unpaired) electrons. The van der Waals surface area contributed by atoms with E-state index in [1.165, 1.54) is 0 Å². The molecule has 3 rings (SSSR count). The molecular formula is C23H27BrCl2N2O3. The molecule has 5 nitrogen and oxygen atoms in total. The summed E-state index contributed by atoms with van der Waals surface area (Å²) in [6, 6.07) is 9.39. The molecule has 0 unspecified atom stereocenters. The molecule has 1 aliphatic rings. The second-order valence-electron chi connectivity index (χ2n) is 7.34. The number of nitrogens with zero attached hydrogens (tertiary/aromatic N) is 1. The maximum atomic E-state index is 11.7. The minimum atomic E-state index is 0.240. The van der Waals surface area contributed by atoms with Gasteiger partial charge in [-0.25, -0.2) is 0 Å². The number of ether oxygens (including phenoxy) is 2. The number of halogens is 3. The number of amides is 1. The van der Waals surface area contributed by atoms with Crippen molar-refractivity contribution in [3.05, 3.63) is 56.0 Å². The Bertz CT molecular complexity index is 890. The molecule has 2 aromatic rings. The molecule has 0 atom stereocenters. The Morgan fingerprint density at radius 3 is 2.65 bits per heavy atom. The largest absolute Gasteiger partial charge is 0.490 e. The van der Waals surface area contributed by atoms with Gasteiger partial charge < -0.3 is 19.7 Å². The van der Waals surface area contributed by atoms with E-state index in [1.54, 1.807) is 18.2 Å². The van der Waals surface area contributed by atoms with Gasteiger partial charge in [-0.3, -0.25) is 4.79 Å². The van der Waals surface area contributed by atoms with Crippen LogP contribution in [0.2, 0.25) is 10.0 Å². The van der Waals surface area contributed by atoms with Crippen molar-refractivity contribution in [3.63, 3.8) is 0 Å². The van der Waals surface area contributed by atoms with Crippen molar-refractivity contribution < 1.29 is 14.3 Å². The summed E-state index contributed by atoms with van der Waals surface area (Å²) in [5.41, 5.74) is 1.82. The fourth-order valence-electron chi connectivity index (χ4n) is 3.51. The van der Waals surface area contributed by atoms with Crippen LogP contribution in [-0.4, -0.2) is 37.0 Å². The molecule has 0 bridgehead atoms. The van der Waals surface area contributed by atoms with Crippen molar-refractivity contribution in [2.75, 3.05) is 26.2 Å². The highest BCUT2D eigenvalue weighted by Gasteiger charge is 2.19. The maximum Gasteiger partial charge on any atom is 0.222 e. The molecular weight excluding hydrogens is 503 g/mol. The van der Waals surface area contributed by atoms with Crippen LogP contribution in [0.5, 0.6) is 11.5 Å². The summed E-state index contributed by atoms with van der Waals surface area (Å²) in [6.07, 6.45) is 2.61. The molecule has 1 fully saturated rings. The van der Waals surface area contributed by atoms with E-state index >= 15 is 0 Å². The molecule has 168 valence electrons. The minimum absolute atomic E-state index is 0.240. The highest BCUT2D eigenvalue weighted by Crippen LogP contribution is 2.38. The van der Waals surface area contributed by atoms with Gasteiger partial charge in [-0.2, -0.15) is 0 Å². The highest BCUT2D eigenvalue weighted by atomic mass is 79.9. The van der Waals surface area contributed by atoms with Gasteiger partial charge in [-0.15, -0.1) is 0 Å². The molecule has 0 aromatic heterocycles. The molecule has 1 amide bonds. The quantitative estimate of drug-likeness (QED) is 0.372. The van der Waals surface area contributed by atoms with E-state index in [1.807, 2.05) is 24.0 Å². The zero-order valence-corrected chi connectivity index (χ0v) is 20.7. The zero-order chi connectivity index (χ0) is 22.2. The Morgan fingerprint density at radius 2 is 1.97 bits per heavy atom. The standard InChI is InChI=1S/C23H27BrCl2N2O3/c1-2-30-21-13-16(14-27-9-5-11-28-10-4-8-22(28)29)12-18(24)23(21)31-15-17-19(25)6-3-7-20(17)26/h3,6-7,12-13,27H,2,4-5,8-11,14-15H2,1H3. The van der Waals surface area contributed by atoms with E-state index in [9.17, 15) is 4.79 Å². The third-order valence-electron chi connectivity index (χ3n) is 5.07. The second kappa shape index (κ2) is 12.0. The molecule has 2 aromatic carbocycles. The SMILES string of the molecule is CCOc1cc(CNCCCN2CCCC2=O)cc(Br)c1OCc1c(Cl)cccc1Cl. The van der Waals surface area contributed by atoms with Gasteiger partial charge >= 0.3 is 0 Å². The Balaban J connectivity index is 1.58. The molecule has 0 aliphatic carbocycles. The average Bonchev–Trinajstić information content (AvgIpc) is 3.14. The van der Waals surface area contributed by atoms with Crippen molar-refractivity contribution in [3.8, 4) is 11.5 Å². The predicted octanol–water partition coefficient (Wildman–Crippen LogP) is 5.84. The van der Waals surface area contributed by atoms with Crippen molar-refractivity contribution >= 4 is 45.0 Å². The van der Waals surface area contributed by atoms with E-state index in [4.69, 9.17) is 32.7 Å². The number of rotatable bonds is 11. The molecule has 1 heterocycles. The van der Waals surface area contributed by atoms with Crippen LogP contribution in [0.4, 0.5) is 0 Å². The first-order valence-corrected chi connectivity index (χ1v) is 12.0. The number of benzene rings is 2. The molecule has 0 saturated carbocycles. The summed E-state index contributed by atoms with van der Waals surface area (Å²) in [4.78, 5) is 13.6. The lowest BCUT2D eigenvalue weighted by Gasteiger charge is -2.17. The third-order valence-corrected chi connectivity index (χ3v) is 6.37. The molecule has 8 heteroatoms. The van der Waals surface area contributed by atoms with Crippen LogP contribution < -0.4 is 14.8 Å². The summed E-state index contributed by atoms with van der Waals surface area (Å²) < 4.78 is 12.7. The Hall–Kier alpha value is -1.47. The minimum Gasteiger partial charge on any atom is -0.490 e. The summed E-state index contributed by atoms with van der Waals surface area (Å²) in [6.45, 7) is 5.95. The van der Waals surface area contributed by atoms with Gasteiger partial charge in [0.2, 0.25) is 5.91 Å². The number of carbonyl (C=O) groups is 1. The molecule has 1 N–H and O–H groups in total.